The Morgan fingerprint density at radius 2 is 1.39 bits per heavy atom. The van der Waals surface area contributed by atoms with Crippen molar-refractivity contribution in [1.82, 2.24) is 4.90 Å². The summed E-state index contributed by atoms with van der Waals surface area (Å²) in [5, 5.41) is -0.160. The minimum atomic E-state index is -2.56. The molecule has 0 aromatic rings. The molecule has 3 unspecified atom stereocenters. The number of methoxy groups -OCH3 is 6. The quantitative estimate of drug-likeness (QED) is 0.0740. The van der Waals surface area contributed by atoms with Crippen molar-refractivity contribution in [2.24, 2.45) is 29.6 Å². The third-order valence-corrected chi connectivity index (χ3v) is 27.4. The van der Waals surface area contributed by atoms with Gasteiger partial charge in [0.1, 0.15) is 30.1 Å². The fourth-order valence-corrected chi connectivity index (χ4v) is 14.5. The molecular formula is C58H103NO14Si2. The van der Waals surface area contributed by atoms with Crippen molar-refractivity contribution < 1.29 is 65.9 Å². The van der Waals surface area contributed by atoms with Gasteiger partial charge in [0.25, 0.3) is 11.7 Å². The van der Waals surface area contributed by atoms with Crippen LogP contribution in [-0.2, 0) is 65.9 Å². The average Bonchev–Trinajstić information content (AvgIpc) is 3.34. The predicted octanol–water partition coefficient (Wildman–Crippen LogP) is 10.8. The number of nitrogens with zero attached hydrogens (tertiary/aromatic N) is 1. The topological polar surface area (TPSA) is 164 Å². The monoisotopic (exact) mass is 1090 g/mol. The van der Waals surface area contributed by atoms with E-state index in [0.29, 0.717) is 38.5 Å². The normalized spacial score (nSPS) is 37.0. The summed E-state index contributed by atoms with van der Waals surface area (Å²) >= 11 is 0. The fourth-order valence-electron chi connectivity index (χ4n) is 11.7. The Morgan fingerprint density at radius 3 is 1.91 bits per heavy atom. The molecule has 3 fully saturated rings. The van der Waals surface area contributed by atoms with Gasteiger partial charge in [0.05, 0.1) is 24.4 Å². The Kier molecular flexibility index (Phi) is 23.0. The van der Waals surface area contributed by atoms with E-state index in [0.717, 1.165) is 24.0 Å². The summed E-state index contributed by atoms with van der Waals surface area (Å²) in [6.07, 6.45) is 5.34. The minimum Gasteiger partial charge on any atom is -0.456 e. The number of cyclic esters (lactones) is 1. The first-order valence-corrected chi connectivity index (χ1v) is 33.8. The van der Waals surface area contributed by atoms with Crippen LogP contribution in [0.15, 0.2) is 23.3 Å². The van der Waals surface area contributed by atoms with Crippen LogP contribution < -0.4 is 0 Å². The number of ether oxygens (including phenoxy) is 8. The van der Waals surface area contributed by atoms with E-state index in [1.54, 1.807) is 14.0 Å². The maximum absolute atomic E-state index is 15.3. The van der Waals surface area contributed by atoms with Gasteiger partial charge in [0.15, 0.2) is 16.6 Å². The van der Waals surface area contributed by atoms with Crippen LogP contribution in [0.3, 0.4) is 0 Å². The average molecular weight is 1090 g/mol. The molecule has 4 rings (SSSR count). The first-order chi connectivity index (χ1) is 34.8. The molecule has 2 saturated heterocycles. The molecule has 1 amide bonds. The van der Waals surface area contributed by atoms with Gasteiger partial charge >= 0.3 is 5.97 Å². The summed E-state index contributed by atoms with van der Waals surface area (Å²) in [7, 11) is 4.40. The number of Topliss-reactive ketones (excluding diaryl/α,β-unsaturated/α-hetero) is 2. The van der Waals surface area contributed by atoms with Crippen LogP contribution >= 0.6 is 0 Å². The number of carbonyl (C=O) groups excluding carboxylic acids is 4. The lowest BCUT2D eigenvalue weighted by atomic mass is 9.77. The molecule has 4 aliphatic rings. The zero-order valence-electron chi connectivity index (χ0n) is 50.6. The molecule has 0 aromatic carbocycles. The molecule has 0 aromatic heterocycles. The molecular weight excluding hydrogens is 991 g/mol. The Hall–Kier alpha value is -2.17. The first-order valence-electron chi connectivity index (χ1n) is 28.0. The van der Waals surface area contributed by atoms with E-state index in [9.17, 15) is 4.79 Å². The highest BCUT2D eigenvalue weighted by atomic mass is 28.4. The standard InChI is InChI=1S/C58H103NO14Si2/c1-23-42-31-36(2)30-37(3)32-48(65-14)58(69-18)52(67-16)50(66-15)40(6)57(68-17,73-58)51(61)53(62)59-29-25-24-26-43(59)54(63)70-49(39(5)46(35-44(42)60)72-75(21,22)56(10,11)12)38(4)33-41-27-28-45(47(34-41)64-13)71-74(19,20)55(7,8)9/h31,33,37,39-43,45-50,52H,23-30,32,34-35H2,1-22H3/b36-31+,38-33+/t37-,39+,40+,41-,42+,43-,45+,46-,47+,48?,49+,50?,52-,57?,58+/m0/s1. The van der Waals surface area contributed by atoms with E-state index in [4.69, 9.17) is 46.7 Å². The van der Waals surface area contributed by atoms with E-state index in [-0.39, 0.29) is 59.3 Å². The van der Waals surface area contributed by atoms with Gasteiger partial charge in [-0.15, -0.1) is 0 Å². The number of hydrogen-bond acceptors (Lipinski definition) is 14. The second-order valence-corrected chi connectivity index (χ2v) is 35.2. The Balaban J connectivity index is 1.95. The molecule has 0 radical (unpaired) electrons. The van der Waals surface area contributed by atoms with E-state index < -0.39 is 100 Å². The molecule has 17 heteroatoms. The lowest BCUT2D eigenvalue weighted by Crippen LogP contribution is -2.75. The summed E-state index contributed by atoms with van der Waals surface area (Å²) in [5.41, 5.74) is 1.84. The van der Waals surface area contributed by atoms with Gasteiger partial charge in [-0.3, -0.25) is 14.4 Å². The number of fused-ring (bicyclic) bond motifs is 3. The number of hydrogen-bond donors (Lipinski definition) is 0. The van der Waals surface area contributed by atoms with Crippen LogP contribution in [-0.4, -0.2) is 155 Å². The van der Waals surface area contributed by atoms with Gasteiger partial charge in [0, 0.05) is 73.4 Å². The SMILES string of the molecule is CC[C@@H]1/C=C(\C)C[C@H](C)CC(OC)[C@@]2(OC)OC(OC)(C(=O)C(=O)N3CCCC[C@H]3C(=O)O[C@H](/C(C)=C/[C@@H]3CC[C@@H](O[Si](C)(C)C(C)(C)C)[C@H](OC)C3)[C@H](C)[C@@H](O[Si](C)(C)C(C)(C)C)CC1=O)[C@H](C)C(OC)[C@@H]2OC. The maximum Gasteiger partial charge on any atom is 0.329 e. The van der Waals surface area contributed by atoms with Crippen LogP contribution in [0, 0.1) is 29.6 Å². The number of piperidine rings is 1. The Morgan fingerprint density at radius 1 is 0.773 bits per heavy atom. The lowest BCUT2D eigenvalue weighted by Gasteiger charge is -2.56. The number of amides is 1. The molecule has 2 bridgehead atoms. The van der Waals surface area contributed by atoms with Gasteiger partial charge in [0.2, 0.25) is 11.6 Å². The molecule has 1 saturated carbocycles. The highest BCUT2D eigenvalue weighted by molar-refractivity contribution is 6.74. The molecule has 3 heterocycles. The van der Waals surface area contributed by atoms with Gasteiger partial charge in [-0.2, -0.15) is 0 Å². The number of ketones is 2. The van der Waals surface area contributed by atoms with Crippen LogP contribution in [0.5, 0.6) is 0 Å². The second-order valence-electron chi connectivity index (χ2n) is 25.7. The third kappa shape index (κ3) is 14.4. The molecule has 3 aliphatic heterocycles. The minimum absolute atomic E-state index is 0.0398. The third-order valence-electron chi connectivity index (χ3n) is 18.4. The van der Waals surface area contributed by atoms with Crippen LogP contribution in [0.1, 0.15) is 147 Å². The first kappa shape index (κ1) is 65.4. The summed E-state index contributed by atoms with van der Waals surface area (Å²) in [6, 6.07) is -1.12. The molecule has 1 aliphatic carbocycles. The van der Waals surface area contributed by atoms with Crippen LogP contribution in [0.25, 0.3) is 0 Å². The zero-order chi connectivity index (χ0) is 56.8. The molecule has 0 spiro atoms. The Bertz CT molecular complexity index is 2000. The van der Waals surface area contributed by atoms with E-state index in [2.05, 4.69) is 86.8 Å². The molecule has 15 nitrogen and oxygen atoms in total. The number of carbonyl (C=O) groups is 4. The summed E-state index contributed by atoms with van der Waals surface area (Å²) < 4.78 is 65.2. The number of allylic oxidation sites excluding steroid dienone is 3. The smallest absolute Gasteiger partial charge is 0.329 e. The highest BCUT2D eigenvalue weighted by Gasteiger charge is 2.69. The molecule has 432 valence electrons. The van der Waals surface area contributed by atoms with Crippen molar-refractivity contribution in [3.63, 3.8) is 0 Å². The summed E-state index contributed by atoms with van der Waals surface area (Å²) in [4.78, 5) is 62.0. The maximum atomic E-state index is 15.3. The van der Waals surface area contributed by atoms with Crippen LogP contribution in [0.2, 0.25) is 36.3 Å². The molecule has 0 N–H and O–H groups in total. The Labute approximate surface area is 455 Å². The lowest BCUT2D eigenvalue weighted by molar-refractivity contribution is -0.437. The zero-order valence-corrected chi connectivity index (χ0v) is 52.6. The van der Waals surface area contributed by atoms with Crippen molar-refractivity contribution in [2.75, 3.05) is 49.2 Å². The number of rotatable bonds is 13. The second kappa shape index (κ2) is 26.4. The summed E-state index contributed by atoms with van der Waals surface area (Å²) in [6.45, 7) is 34.2. The van der Waals surface area contributed by atoms with Gasteiger partial charge in [-0.25, -0.2) is 4.79 Å². The van der Waals surface area contributed by atoms with Crippen molar-refractivity contribution in [3.8, 4) is 0 Å². The van der Waals surface area contributed by atoms with Crippen molar-refractivity contribution in [3.05, 3.63) is 23.3 Å². The highest BCUT2D eigenvalue weighted by Crippen LogP contribution is 2.49. The van der Waals surface area contributed by atoms with Gasteiger partial charge in [-0.05, 0) is 125 Å². The van der Waals surface area contributed by atoms with Gasteiger partial charge < -0.3 is 51.6 Å². The van der Waals surface area contributed by atoms with Crippen LogP contribution in [0.4, 0.5) is 0 Å². The largest absolute Gasteiger partial charge is 0.456 e. The predicted molar refractivity (Wildman–Crippen MR) is 297 cm³/mol. The summed E-state index contributed by atoms with van der Waals surface area (Å²) in [5.74, 6) is -8.48. The van der Waals surface area contributed by atoms with Crippen molar-refractivity contribution in [1.29, 1.82) is 0 Å². The van der Waals surface area contributed by atoms with E-state index in [1.165, 1.54) is 40.4 Å². The van der Waals surface area contributed by atoms with E-state index >= 15 is 14.4 Å². The molecule has 75 heavy (non-hydrogen) atoms. The van der Waals surface area contributed by atoms with Gasteiger partial charge in [-0.1, -0.05) is 87.0 Å². The fraction of sp³-hybridized carbons (Fsp3) is 0.862. The van der Waals surface area contributed by atoms with E-state index in [1.807, 2.05) is 27.7 Å². The molecule has 15 atom stereocenters. The van der Waals surface area contributed by atoms with Crippen molar-refractivity contribution >= 4 is 40.1 Å². The van der Waals surface area contributed by atoms with Crippen molar-refractivity contribution in [2.45, 2.75) is 244 Å². The number of esters is 1.